The molecule has 0 fully saturated rings. The maximum atomic E-state index is 13.8. The van der Waals surface area contributed by atoms with Crippen molar-refractivity contribution in [2.75, 3.05) is 20.5 Å². The van der Waals surface area contributed by atoms with Crippen LogP contribution in [-0.2, 0) is 16.1 Å². The van der Waals surface area contributed by atoms with Gasteiger partial charge in [0.15, 0.2) is 17.6 Å². The Balaban J connectivity index is 1.44. The molecule has 0 saturated carbocycles. The fraction of sp³-hybridized carbons (Fsp3) is 0.269. The van der Waals surface area contributed by atoms with Crippen molar-refractivity contribution >= 4 is 5.91 Å². The highest BCUT2D eigenvalue weighted by Gasteiger charge is 2.44. The minimum Gasteiger partial charge on any atom is -0.491 e. The lowest BCUT2D eigenvalue weighted by Crippen LogP contribution is -2.53. The summed E-state index contributed by atoms with van der Waals surface area (Å²) in [4.78, 5) is 15.7. The quantitative estimate of drug-likeness (QED) is 0.629. The molecule has 1 amide bonds. The molecule has 32 heavy (non-hydrogen) atoms. The molecule has 0 bridgehead atoms. The number of methoxy groups -OCH3 is 1. The van der Waals surface area contributed by atoms with Gasteiger partial charge in [-0.15, -0.1) is 0 Å². The second kappa shape index (κ2) is 7.57. The third-order valence-corrected chi connectivity index (χ3v) is 6.61. The molecule has 6 rings (SSSR count). The molecule has 3 aromatic rings. The number of ether oxygens (including phenoxy) is 4. The molecular weight excluding hydrogens is 406 g/mol. The van der Waals surface area contributed by atoms with E-state index in [0.29, 0.717) is 24.7 Å². The first-order valence-electron chi connectivity index (χ1n) is 10.8. The molecule has 0 N–H and O–H groups in total. The summed E-state index contributed by atoms with van der Waals surface area (Å²) >= 11 is 0. The van der Waals surface area contributed by atoms with Gasteiger partial charge in [0.05, 0.1) is 6.04 Å². The van der Waals surface area contributed by atoms with Gasteiger partial charge >= 0.3 is 0 Å². The predicted octanol–water partition coefficient (Wildman–Crippen LogP) is 4.04. The number of carbonyl (C=O) groups excluding carboxylic acids is 1. The second-order valence-electron chi connectivity index (χ2n) is 8.29. The third kappa shape index (κ3) is 2.94. The van der Waals surface area contributed by atoms with Crippen molar-refractivity contribution in [1.82, 2.24) is 4.90 Å². The highest BCUT2D eigenvalue weighted by Crippen LogP contribution is 2.49. The van der Waals surface area contributed by atoms with Crippen molar-refractivity contribution in [2.45, 2.75) is 24.6 Å². The highest BCUT2D eigenvalue weighted by molar-refractivity contribution is 5.83. The van der Waals surface area contributed by atoms with Crippen LogP contribution in [0, 0.1) is 0 Å². The van der Waals surface area contributed by atoms with E-state index in [-0.39, 0.29) is 24.7 Å². The number of amides is 1. The fourth-order valence-electron chi connectivity index (χ4n) is 5.11. The molecule has 0 unspecified atom stereocenters. The number of hydrogen-bond donors (Lipinski definition) is 0. The molecule has 3 heterocycles. The first kappa shape index (κ1) is 19.2. The maximum absolute atomic E-state index is 13.8. The average Bonchev–Trinajstić information content (AvgIpc) is 3.30. The van der Waals surface area contributed by atoms with E-state index >= 15 is 0 Å². The van der Waals surface area contributed by atoms with Gasteiger partial charge < -0.3 is 23.8 Å². The Morgan fingerprint density at radius 3 is 2.50 bits per heavy atom. The first-order chi connectivity index (χ1) is 15.7. The standard InChI is InChI=1S/C26H23NO5/c1-29-25(16-7-3-2-4-8-16)26(28)27-13-17-9-5-6-10-18(17)24-19-11-22-23(32-15-31-22)12-21(19)30-14-20(24)27/h2-12,20,24-25H,13-15H2,1H3/t20-,24+,25-/m1/s1. The molecule has 3 aliphatic rings. The molecule has 6 heteroatoms. The summed E-state index contributed by atoms with van der Waals surface area (Å²) in [5.41, 5.74) is 4.22. The zero-order valence-corrected chi connectivity index (χ0v) is 17.7. The molecule has 0 aliphatic carbocycles. The van der Waals surface area contributed by atoms with Crippen LogP contribution in [0.1, 0.15) is 34.3 Å². The first-order valence-corrected chi connectivity index (χ1v) is 10.8. The zero-order valence-electron chi connectivity index (χ0n) is 17.7. The van der Waals surface area contributed by atoms with Crippen LogP contribution >= 0.6 is 0 Å². The molecule has 0 aromatic heterocycles. The summed E-state index contributed by atoms with van der Waals surface area (Å²) < 4.78 is 23.0. The summed E-state index contributed by atoms with van der Waals surface area (Å²) in [6.07, 6.45) is -0.666. The van der Waals surface area contributed by atoms with Crippen molar-refractivity contribution in [3.63, 3.8) is 0 Å². The predicted molar refractivity (Wildman–Crippen MR) is 117 cm³/mol. The van der Waals surface area contributed by atoms with E-state index in [1.165, 1.54) is 5.56 Å². The van der Waals surface area contributed by atoms with E-state index in [4.69, 9.17) is 18.9 Å². The molecule has 0 radical (unpaired) electrons. The lowest BCUT2D eigenvalue weighted by molar-refractivity contribution is -0.147. The molecule has 162 valence electrons. The van der Waals surface area contributed by atoms with Crippen LogP contribution in [0.25, 0.3) is 0 Å². The molecular formula is C26H23NO5. The second-order valence-corrected chi connectivity index (χ2v) is 8.29. The number of nitrogens with zero attached hydrogens (tertiary/aromatic N) is 1. The van der Waals surface area contributed by atoms with E-state index in [0.717, 1.165) is 22.4 Å². The average molecular weight is 429 g/mol. The van der Waals surface area contributed by atoms with Crippen LogP contribution in [-0.4, -0.2) is 37.4 Å². The monoisotopic (exact) mass is 429 g/mol. The van der Waals surface area contributed by atoms with Crippen molar-refractivity contribution in [3.05, 3.63) is 89.0 Å². The Hall–Kier alpha value is -3.51. The van der Waals surface area contributed by atoms with E-state index in [9.17, 15) is 4.79 Å². The molecule has 3 atom stereocenters. The number of rotatable bonds is 3. The molecule has 0 spiro atoms. The van der Waals surface area contributed by atoms with Crippen molar-refractivity contribution in [1.29, 1.82) is 0 Å². The van der Waals surface area contributed by atoms with Crippen LogP contribution in [0.2, 0.25) is 0 Å². The molecule has 0 saturated heterocycles. The van der Waals surface area contributed by atoms with E-state index in [1.807, 2.05) is 53.4 Å². The SMILES string of the molecule is CO[C@@H](C(=O)N1Cc2ccccc2[C@H]2c3cc4c(cc3OC[C@H]21)OCO4)c1ccccc1. The van der Waals surface area contributed by atoms with Crippen LogP contribution in [0.3, 0.4) is 0 Å². The Bertz CT molecular complexity index is 1180. The van der Waals surface area contributed by atoms with E-state index in [1.54, 1.807) is 7.11 Å². The number of carbonyl (C=O) groups is 1. The van der Waals surface area contributed by atoms with Crippen molar-refractivity contribution in [2.24, 2.45) is 0 Å². The Morgan fingerprint density at radius 1 is 0.938 bits per heavy atom. The van der Waals surface area contributed by atoms with Gasteiger partial charge in [-0.05, 0) is 22.8 Å². The minimum atomic E-state index is -0.666. The van der Waals surface area contributed by atoms with Gasteiger partial charge in [-0.1, -0.05) is 54.6 Å². The van der Waals surface area contributed by atoms with Crippen LogP contribution < -0.4 is 14.2 Å². The van der Waals surface area contributed by atoms with E-state index < -0.39 is 6.10 Å². The summed E-state index contributed by atoms with van der Waals surface area (Å²) in [7, 11) is 1.58. The Morgan fingerprint density at radius 2 is 1.69 bits per heavy atom. The smallest absolute Gasteiger partial charge is 0.257 e. The van der Waals surface area contributed by atoms with Gasteiger partial charge in [-0.2, -0.15) is 0 Å². The lowest BCUT2D eigenvalue weighted by Gasteiger charge is -2.46. The van der Waals surface area contributed by atoms with Crippen molar-refractivity contribution in [3.8, 4) is 17.2 Å². The normalized spacial score (nSPS) is 21.1. The van der Waals surface area contributed by atoms with Crippen LogP contribution in [0.4, 0.5) is 0 Å². The van der Waals surface area contributed by atoms with E-state index in [2.05, 4.69) is 18.2 Å². The number of hydrogen-bond acceptors (Lipinski definition) is 5. The summed E-state index contributed by atoms with van der Waals surface area (Å²) in [5.74, 6) is 2.12. The Labute approximate surface area is 186 Å². The summed E-state index contributed by atoms with van der Waals surface area (Å²) in [6, 6.07) is 21.7. The molecule has 3 aliphatic heterocycles. The van der Waals surface area contributed by atoms with Gasteiger partial charge in [-0.3, -0.25) is 4.79 Å². The molecule has 6 nitrogen and oxygen atoms in total. The van der Waals surface area contributed by atoms with Crippen LogP contribution in [0.5, 0.6) is 17.2 Å². The third-order valence-electron chi connectivity index (χ3n) is 6.61. The van der Waals surface area contributed by atoms with Gasteiger partial charge in [-0.25, -0.2) is 0 Å². The maximum Gasteiger partial charge on any atom is 0.257 e. The fourth-order valence-corrected chi connectivity index (χ4v) is 5.11. The van der Waals surface area contributed by atoms with Crippen LogP contribution in [0.15, 0.2) is 66.7 Å². The summed E-state index contributed by atoms with van der Waals surface area (Å²) in [5, 5.41) is 0. The van der Waals surface area contributed by atoms with Gasteiger partial charge in [0.1, 0.15) is 12.4 Å². The van der Waals surface area contributed by atoms with Gasteiger partial charge in [0.25, 0.3) is 5.91 Å². The molecule has 3 aromatic carbocycles. The Kier molecular flexibility index (Phi) is 4.54. The largest absolute Gasteiger partial charge is 0.491 e. The van der Waals surface area contributed by atoms with Gasteiger partial charge in [0.2, 0.25) is 6.79 Å². The minimum absolute atomic E-state index is 0.0181. The van der Waals surface area contributed by atoms with Crippen molar-refractivity contribution < 1.29 is 23.7 Å². The topological polar surface area (TPSA) is 57.2 Å². The summed E-state index contributed by atoms with van der Waals surface area (Å²) in [6.45, 7) is 1.13. The number of benzene rings is 3. The zero-order chi connectivity index (χ0) is 21.7. The van der Waals surface area contributed by atoms with Gasteiger partial charge in [0, 0.05) is 31.2 Å². The lowest BCUT2D eigenvalue weighted by atomic mass is 9.77. The highest BCUT2D eigenvalue weighted by atomic mass is 16.7. The number of fused-ring (bicyclic) bond motifs is 6.